The molecule has 1 aliphatic rings. The molecule has 1 N–H and O–H groups in total. The van der Waals surface area contributed by atoms with Crippen LogP contribution in [0.3, 0.4) is 0 Å². The third-order valence-corrected chi connectivity index (χ3v) is 4.40. The van der Waals surface area contributed by atoms with Gasteiger partial charge in [-0.25, -0.2) is 9.97 Å². The molecule has 2 aromatic heterocycles. The number of anilines is 1. The molecular weight excluding hydrogens is 264 g/mol. The third kappa shape index (κ3) is 2.65. The number of hydrogen-bond acceptors (Lipinski definition) is 4. The number of pyridine rings is 1. The molecule has 2 aromatic rings. The monoisotopic (exact) mass is 286 g/mol. The minimum Gasteiger partial charge on any atom is -0.380 e. The minimum atomic E-state index is 0.152. The van der Waals surface area contributed by atoms with E-state index in [9.17, 15) is 0 Å². The van der Waals surface area contributed by atoms with Crippen molar-refractivity contribution >= 4 is 5.69 Å². The van der Waals surface area contributed by atoms with Gasteiger partial charge in [0.25, 0.3) is 0 Å². The van der Waals surface area contributed by atoms with Gasteiger partial charge in [0.05, 0.1) is 18.0 Å². The zero-order chi connectivity index (χ0) is 14.9. The maximum atomic E-state index is 5.76. The lowest BCUT2D eigenvalue weighted by Gasteiger charge is -2.52. The number of hydrogen-bond donors (Lipinski definition) is 1. The molecule has 0 spiro atoms. The van der Waals surface area contributed by atoms with Crippen molar-refractivity contribution in [3.05, 3.63) is 37.1 Å². The van der Waals surface area contributed by atoms with Crippen LogP contribution >= 0.6 is 0 Å². The van der Waals surface area contributed by atoms with E-state index in [4.69, 9.17) is 4.74 Å². The van der Waals surface area contributed by atoms with Crippen LogP contribution < -0.4 is 5.32 Å². The van der Waals surface area contributed by atoms with Crippen molar-refractivity contribution in [2.45, 2.75) is 39.3 Å². The molecule has 0 amide bonds. The molecule has 1 aliphatic carbocycles. The normalized spacial score (nSPS) is 23.6. The van der Waals surface area contributed by atoms with Crippen LogP contribution in [0.25, 0.3) is 5.82 Å². The van der Waals surface area contributed by atoms with E-state index >= 15 is 0 Å². The topological polar surface area (TPSA) is 52.0 Å². The van der Waals surface area contributed by atoms with Crippen molar-refractivity contribution in [1.82, 2.24) is 14.5 Å². The summed E-state index contributed by atoms with van der Waals surface area (Å²) in [6.45, 7) is 7.33. The minimum absolute atomic E-state index is 0.152. The van der Waals surface area contributed by atoms with E-state index in [0.717, 1.165) is 24.5 Å². The highest BCUT2D eigenvalue weighted by atomic mass is 16.5. The first kappa shape index (κ1) is 14.1. The van der Waals surface area contributed by atoms with Gasteiger partial charge in [0.15, 0.2) is 0 Å². The number of aromatic nitrogens is 3. The van der Waals surface area contributed by atoms with Gasteiger partial charge in [-0.15, -0.1) is 0 Å². The molecule has 0 saturated heterocycles. The molecule has 5 nitrogen and oxygen atoms in total. The summed E-state index contributed by atoms with van der Waals surface area (Å²) in [4.78, 5) is 8.49. The van der Waals surface area contributed by atoms with E-state index in [1.54, 1.807) is 12.5 Å². The molecule has 0 aromatic carbocycles. The molecule has 1 saturated carbocycles. The van der Waals surface area contributed by atoms with Crippen molar-refractivity contribution in [2.24, 2.45) is 5.41 Å². The van der Waals surface area contributed by atoms with Crippen molar-refractivity contribution in [2.75, 3.05) is 11.9 Å². The second-order valence-corrected chi connectivity index (χ2v) is 6.07. The standard InChI is InChI=1S/C16H22N4O/c1-4-21-14-9-13(16(14,2)3)19-12-5-6-15(18-10-12)20-8-7-17-11-20/h5-8,10-11,13-14,19H,4,9H2,1-3H3. The van der Waals surface area contributed by atoms with Crippen LogP contribution in [0, 0.1) is 5.41 Å². The first-order valence-electron chi connectivity index (χ1n) is 7.43. The molecule has 0 radical (unpaired) electrons. The smallest absolute Gasteiger partial charge is 0.137 e. The second-order valence-electron chi connectivity index (χ2n) is 6.07. The fourth-order valence-corrected chi connectivity index (χ4v) is 2.83. The molecule has 21 heavy (non-hydrogen) atoms. The van der Waals surface area contributed by atoms with E-state index < -0.39 is 0 Å². The molecule has 3 rings (SSSR count). The summed E-state index contributed by atoms with van der Waals surface area (Å²) in [7, 11) is 0. The van der Waals surface area contributed by atoms with Crippen molar-refractivity contribution in [1.29, 1.82) is 0 Å². The van der Waals surface area contributed by atoms with E-state index in [1.165, 1.54) is 0 Å². The quantitative estimate of drug-likeness (QED) is 0.918. The van der Waals surface area contributed by atoms with E-state index in [0.29, 0.717) is 12.1 Å². The molecule has 112 valence electrons. The van der Waals surface area contributed by atoms with Gasteiger partial charge >= 0.3 is 0 Å². The Labute approximate surface area is 125 Å². The molecule has 2 atom stereocenters. The summed E-state index contributed by atoms with van der Waals surface area (Å²) in [5.74, 6) is 0.873. The molecular formula is C16H22N4O. The SMILES string of the molecule is CCOC1CC(Nc2ccc(-n3ccnc3)nc2)C1(C)C. The summed E-state index contributed by atoms with van der Waals surface area (Å²) < 4.78 is 7.65. The summed E-state index contributed by atoms with van der Waals surface area (Å²) >= 11 is 0. The first-order chi connectivity index (χ1) is 10.1. The highest BCUT2D eigenvalue weighted by Gasteiger charge is 2.48. The Hall–Kier alpha value is -1.88. The van der Waals surface area contributed by atoms with Crippen LogP contribution in [0.4, 0.5) is 5.69 Å². The van der Waals surface area contributed by atoms with Gasteiger partial charge in [0, 0.05) is 30.5 Å². The van der Waals surface area contributed by atoms with Crippen LogP contribution in [-0.4, -0.2) is 33.3 Å². The second kappa shape index (κ2) is 5.48. The zero-order valence-corrected chi connectivity index (χ0v) is 12.8. The Balaban J connectivity index is 1.64. The summed E-state index contributed by atoms with van der Waals surface area (Å²) in [5.41, 5.74) is 1.20. The lowest BCUT2D eigenvalue weighted by molar-refractivity contribution is -0.0976. The van der Waals surface area contributed by atoms with E-state index in [-0.39, 0.29) is 5.41 Å². The zero-order valence-electron chi connectivity index (χ0n) is 12.8. The maximum Gasteiger partial charge on any atom is 0.137 e. The largest absolute Gasteiger partial charge is 0.380 e. The van der Waals surface area contributed by atoms with Gasteiger partial charge < -0.3 is 10.1 Å². The van der Waals surface area contributed by atoms with Crippen LogP contribution in [0.1, 0.15) is 27.2 Å². The first-order valence-corrected chi connectivity index (χ1v) is 7.43. The third-order valence-electron chi connectivity index (χ3n) is 4.40. The number of imidazole rings is 1. The average molecular weight is 286 g/mol. The molecule has 0 bridgehead atoms. The van der Waals surface area contributed by atoms with E-state index in [1.807, 2.05) is 23.0 Å². The van der Waals surface area contributed by atoms with Crippen molar-refractivity contribution in [3.63, 3.8) is 0 Å². The Morgan fingerprint density at radius 3 is 2.86 bits per heavy atom. The van der Waals surface area contributed by atoms with Crippen LogP contribution in [0.15, 0.2) is 37.1 Å². The average Bonchev–Trinajstić information content (AvgIpc) is 3.01. The van der Waals surface area contributed by atoms with Crippen LogP contribution in [0.5, 0.6) is 0 Å². The Morgan fingerprint density at radius 1 is 1.43 bits per heavy atom. The van der Waals surface area contributed by atoms with Crippen molar-refractivity contribution in [3.8, 4) is 5.82 Å². The lowest BCUT2D eigenvalue weighted by Crippen LogP contribution is -2.58. The fourth-order valence-electron chi connectivity index (χ4n) is 2.83. The molecule has 5 heteroatoms. The highest BCUT2D eigenvalue weighted by molar-refractivity contribution is 5.45. The molecule has 1 fully saturated rings. The van der Waals surface area contributed by atoms with Gasteiger partial charge in [0.2, 0.25) is 0 Å². The van der Waals surface area contributed by atoms with Gasteiger partial charge in [-0.05, 0) is 25.5 Å². The number of rotatable bonds is 5. The van der Waals surface area contributed by atoms with Crippen LogP contribution in [0.2, 0.25) is 0 Å². The number of ether oxygens (including phenoxy) is 1. The van der Waals surface area contributed by atoms with E-state index in [2.05, 4.69) is 42.1 Å². The molecule has 2 unspecified atom stereocenters. The van der Waals surface area contributed by atoms with Gasteiger partial charge in [-0.3, -0.25) is 4.57 Å². The molecule has 2 heterocycles. The fraction of sp³-hybridized carbons (Fsp3) is 0.500. The predicted molar refractivity (Wildman–Crippen MR) is 82.6 cm³/mol. The van der Waals surface area contributed by atoms with Crippen LogP contribution in [-0.2, 0) is 4.74 Å². The van der Waals surface area contributed by atoms with Crippen molar-refractivity contribution < 1.29 is 4.74 Å². The number of nitrogens with zero attached hydrogens (tertiary/aromatic N) is 3. The van der Waals surface area contributed by atoms with Gasteiger partial charge in [-0.2, -0.15) is 0 Å². The lowest BCUT2D eigenvalue weighted by atomic mass is 9.64. The summed E-state index contributed by atoms with van der Waals surface area (Å²) in [6, 6.07) is 4.48. The summed E-state index contributed by atoms with van der Waals surface area (Å²) in [5, 5.41) is 3.56. The highest BCUT2D eigenvalue weighted by Crippen LogP contribution is 2.44. The Kier molecular flexibility index (Phi) is 3.68. The maximum absolute atomic E-state index is 5.76. The Morgan fingerprint density at radius 2 is 2.29 bits per heavy atom. The predicted octanol–water partition coefficient (Wildman–Crippen LogP) is 2.88. The van der Waals surface area contributed by atoms with Gasteiger partial charge in [0.1, 0.15) is 12.1 Å². The van der Waals surface area contributed by atoms with Gasteiger partial charge in [-0.1, -0.05) is 13.8 Å². The number of nitrogens with one attached hydrogen (secondary N) is 1. The summed E-state index contributed by atoms with van der Waals surface area (Å²) in [6.07, 6.45) is 8.65. The molecule has 0 aliphatic heterocycles. The Bertz CT molecular complexity index is 577.